The van der Waals surface area contributed by atoms with Gasteiger partial charge in [-0.25, -0.2) is 0 Å². The van der Waals surface area contributed by atoms with Crippen LogP contribution < -0.4 is 10.6 Å². The Balaban J connectivity index is 1.77. The second-order valence-electron chi connectivity index (χ2n) is 6.80. The summed E-state index contributed by atoms with van der Waals surface area (Å²) in [6.45, 7) is 4.32. The minimum absolute atomic E-state index is 0.112. The molecular formula is C21H24ClN3O. The van der Waals surface area contributed by atoms with E-state index in [0.717, 1.165) is 26.1 Å². The van der Waals surface area contributed by atoms with E-state index in [4.69, 9.17) is 16.3 Å². The van der Waals surface area contributed by atoms with Gasteiger partial charge in [-0.15, -0.1) is 0 Å². The van der Waals surface area contributed by atoms with Crippen molar-refractivity contribution >= 4 is 17.3 Å². The first-order valence-electron chi connectivity index (χ1n) is 8.96. The summed E-state index contributed by atoms with van der Waals surface area (Å²) in [6, 6.07) is 18.2. The number of ether oxygens (including phenoxy) is 1. The van der Waals surface area contributed by atoms with Crippen molar-refractivity contribution in [2.75, 3.05) is 25.1 Å². The molecule has 26 heavy (non-hydrogen) atoms. The molecule has 0 bridgehead atoms. The van der Waals surface area contributed by atoms with Crippen molar-refractivity contribution in [2.45, 2.75) is 31.3 Å². The van der Waals surface area contributed by atoms with Crippen LogP contribution in [0.15, 0.2) is 48.5 Å². The fraction of sp³-hybridized carbons (Fsp3) is 0.381. The van der Waals surface area contributed by atoms with E-state index in [1.807, 2.05) is 6.07 Å². The second-order valence-corrected chi connectivity index (χ2v) is 7.20. The summed E-state index contributed by atoms with van der Waals surface area (Å²) in [6.07, 6.45) is 1.81. The first-order valence-corrected chi connectivity index (χ1v) is 9.34. The largest absolute Gasteiger partial charge is 0.381 e. The third-order valence-corrected chi connectivity index (χ3v) is 5.32. The Kier molecular flexibility index (Phi) is 6.16. The quantitative estimate of drug-likeness (QED) is 0.785. The number of hydrogen-bond acceptors (Lipinski definition) is 4. The van der Waals surface area contributed by atoms with E-state index in [1.54, 1.807) is 18.2 Å². The molecule has 0 aromatic heterocycles. The molecule has 1 saturated heterocycles. The molecule has 0 radical (unpaired) electrons. The highest BCUT2D eigenvalue weighted by molar-refractivity contribution is 6.33. The van der Waals surface area contributed by atoms with E-state index < -0.39 is 0 Å². The molecule has 136 valence electrons. The summed E-state index contributed by atoms with van der Waals surface area (Å²) in [7, 11) is 0. The van der Waals surface area contributed by atoms with E-state index in [2.05, 4.69) is 47.9 Å². The minimum Gasteiger partial charge on any atom is -0.381 e. The molecule has 2 N–H and O–H groups in total. The lowest BCUT2D eigenvalue weighted by Crippen LogP contribution is -2.54. The Morgan fingerprint density at radius 1 is 1.15 bits per heavy atom. The van der Waals surface area contributed by atoms with Crippen LogP contribution in [0, 0.1) is 11.3 Å². The first kappa shape index (κ1) is 18.7. The molecule has 0 spiro atoms. The molecule has 1 aliphatic rings. The van der Waals surface area contributed by atoms with Crippen LogP contribution >= 0.6 is 11.6 Å². The predicted molar refractivity (Wildman–Crippen MR) is 105 cm³/mol. The molecule has 1 unspecified atom stereocenters. The topological polar surface area (TPSA) is 57.1 Å². The highest BCUT2D eigenvalue weighted by Crippen LogP contribution is 2.29. The van der Waals surface area contributed by atoms with Gasteiger partial charge in [-0.2, -0.15) is 5.26 Å². The zero-order valence-corrected chi connectivity index (χ0v) is 15.7. The molecule has 4 nitrogen and oxygen atoms in total. The van der Waals surface area contributed by atoms with Crippen LogP contribution in [0.25, 0.3) is 0 Å². The van der Waals surface area contributed by atoms with Crippen LogP contribution in [0.4, 0.5) is 5.69 Å². The number of nitrogens with zero attached hydrogens (tertiary/aromatic N) is 1. The second kappa shape index (κ2) is 8.55. The van der Waals surface area contributed by atoms with Gasteiger partial charge in [0.15, 0.2) is 0 Å². The number of hydrogen-bond donors (Lipinski definition) is 2. The number of benzene rings is 2. The van der Waals surface area contributed by atoms with Crippen LogP contribution in [-0.2, 0) is 4.74 Å². The van der Waals surface area contributed by atoms with E-state index >= 15 is 0 Å². The fourth-order valence-electron chi connectivity index (χ4n) is 3.47. The molecule has 1 heterocycles. The van der Waals surface area contributed by atoms with Crippen LogP contribution in [0.3, 0.4) is 0 Å². The Bertz CT molecular complexity index is 767. The lowest BCUT2D eigenvalue weighted by atomic mass is 9.88. The van der Waals surface area contributed by atoms with Gasteiger partial charge in [0.2, 0.25) is 0 Å². The first-order chi connectivity index (χ1) is 12.6. The molecule has 0 amide bonds. The van der Waals surface area contributed by atoms with E-state index in [-0.39, 0.29) is 11.6 Å². The van der Waals surface area contributed by atoms with E-state index in [1.165, 1.54) is 5.56 Å². The monoisotopic (exact) mass is 369 g/mol. The lowest BCUT2D eigenvalue weighted by Gasteiger charge is -2.41. The molecule has 1 atom stereocenters. The molecule has 2 aromatic carbocycles. The van der Waals surface area contributed by atoms with Crippen LogP contribution in [0.2, 0.25) is 5.02 Å². The SMILES string of the molecule is CC(NC1(CNc2c(Cl)cccc2C#N)CCOCC1)c1ccccc1. The van der Waals surface area contributed by atoms with Gasteiger partial charge in [0.1, 0.15) is 6.07 Å². The standard InChI is InChI=1S/C21H24ClN3O/c1-16(17-6-3-2-4-7-17)25-21(10-12-26-13-11-21)15-24-20-18(14-23)8-5-9-19(20)22/h2-9,16,24-25H,10-13,15H2,1H3. The number of nitriles is 1. The van der Waals surface area contributed by atoms with Crippen LogP contribution in [-0.4, -0.2) is 25.3 Å². The summed E-state index contributed by atoms with van der Waals surface area (Å²) in [5.74, 6) is 0. The Morgan fingerprint density at radius 2 is 1.88 bits per heavy atom. The van der Waals surface area contributed by atoms with Gasteiger partial charge in [-0.05, 0) is 37.5 Å². The van der Waals surface area contributed by atoms with Gasteiger partial charge in [0, 0.05) is 31.3 Å². The molecule has 0 saturated carbocycles. The molecule has 0 aliphatic carbocycles. The zero-order valence-electron chi connectivity index (χ0n) is 15.0. The molecular weight excluding hydrogens is 346 g/mol. The maximum Gasteiger partial charge on any atom is 0.101 e. The van der Waals surface area contributed by atoms with Crippen molar-refractivity contribution in [1.82, 2.24) is 5.32 Å². The molecule has 1 fully saturated rings. The third kappa shape index (κ3) is 4.37. The van der Waals surface area contributed by atoms with Crippen molar-refractivity contribution in [3.63, 3.8) is 0 Å². The van der Waals surface area contributed by atoms with Gasteiger partial charge >= 0.3 is 0 Å². The predicted octanol–water partition coefficient (Wildman–Crippen LogP) is 4.52. The maximum absolute atomic E-state index is 9.35. The van der Waals surface area contributed by atoms with Crippen LogP contribution in [0.5, 0.6) is 0 Å². The summed E-state index contributed by atoms with van der Waals surface area (Å²) >= 11 is 6.31. The third-order valence-electron chi connectivity index (χ3n) is 5.01. The molecule has 5 heteroatoms. The van der Waals surface area contributed by atoms with Crippen molar-refractivity contribution in [3.8, 4) is 6.07 Å². The zero-order chi connectivity index (χ0) is 18.4. The van der Waals surface area contributed by atoms with Crippen molar-refractivity contribution < 1.29 is 4.74 Å². The van der Waals surface area contributed by atoms with E-state index in [9.17, 15) is 5.26 Å². The van der Waals surface area contributed by atoms with Crippen molar-refractivity contribution in [2.24, 2.45) is 0 Å². The summed E-state index contributed by atoms with van der Waals surface area (Å²) in [5.41, 5.74) is 2.42. The van der Waals surface area contributed by atoms with Gasteiger partial charge < -0.3 is 15.4 Å². The smallest absolute Gasteiger partial charge is 0.101 e. The Morgan fingerprint density at radius 3 is 2.58 bits per heavy atom. The molecule has 3 rings (SSSR count). The molecule has 1 aliphatic heterocycles. The Labute approximate surface area is 160 Å². The maximum atomic E-state index is 9.35. The number of halogens is 1. The van der Waals surface area contributed by atoms with Gasteiger partial charge in [-0.1, -0.05) is 48.0 Å². The highest BCUT2D eigenvalue weighted by Gasteiger charge is 2.34. The fourth-order valence-corrected chi connectivity index (χ4v) is 3.71. The van der Waals surface area contributed by atoms with Gasteiger partial charge in [0.25, 0.3) is 0 Å². The average Bonchev–Trinajstić information content (AvgIpc) is 2.68. The normalized spacial score (nSPS) is 17.3. The Hall–Kier alpha value is -2.06. The summed E-state index contributed by atoms with van der Waals surface area (Å²) in [5, 5.41) is 17.2. The number of para-hydroxylation sites is 1. The van der Waals surface area contributed by atoms with Gasteiger partial charge in [-0.3, -0.25) is 0 Å². The number of anilines is 1. The average molecular weight is 370 g/mol. The highest BCUT2D eigenvalue weighted by atomic mass is 35.5. The van der Waals surface area contributed by atoms with Gasteiger partial charge in [0.05, 0.1) is 16.3 Å². The van der Waals surface area contributed by atoms with Crippen molar-refractivity contribution in [3.05, 3.63) is 64.7 Å². The van der Waals surface area contributed by atoms with Crippen molar-refractivity contribution in [1.29, 1.82) is 5.26 Å². The number of rotatable bonds is 6. The molecule has 2 aromatic rings. The van der Waals surface area contributed by atoms with E-state index in [0.29, 0.717) is 22.8 Å². The number of nitrogens with one attached hydrogen (secondary N) is 2. The lowest BCUT2D eigenvalue weighted by molar-refractivity contribution is 0.0389. The minimum atomic E-state index is -0.112. The van der Waals surface area contributed by atoms with Crippen LogP contribution in [0.1, 0.15) is 36.9 Å². The summed E-state index contributed by atoms with van der Waals surface area (Å²) in [4.78, 5) is 0. The summed E-state index contributed by atoms with van der Waals surface area (Å²) < 4.78 is 5.59.